The van der Waals surface area contributed by atoms with Crippen molar-refractivity contribution in [1.82, 2.24) is 29.4 Å². The number of hydrogen-bond acceptors (Lipinski definition) is 9. The number of thioether (sulfide) groups is 1. The first-order valence-electron chi connectivity index (χ1n) is 13.5. The summed E-state index contributed by atoms with van der Waals surface area (Å²) >= 11 is 1.91. The molecule has 2 N–H and O–H groups in total. The van der Waals surface area contributed by atoms with E-state index in [0.29, 0.717) is 40.0 Å². The maximum Gasteiger partial charge on any atom is 0.261 e. The van der Waals surface area contributed by atoms with Crippen LogP contribution in [0.5, 0.6) is 0 Å². The van der Waals surface area contributed by atoms with Crippen molar-refractivity contribution in [3.8, 4) is 11.3 Å². The van der Waals surface area contributed by atoms with Gasteiger partial charge in [-0.1, -0.05) is 6.92 Å². The number of piperidine rings is 1. The Morgan fingerprint density at radius 2 is 1.85 bits per heavy atom. The van der Waals surface area contributed by atoms with Crippen molar-refractivity contribution in [3.05, 3.63) is 54.4 Å². The van der Waals surface area contributed by atoms with Crippen LogP contribution in [0, 0.1) is 12.7 Å². The average Bonchev–Trinajstić information content (AvgIpc) is 3.26. The number of halogens is 1. The molecule has 220 valence electrons. The summed E-state index contributed by atoms with van der Waals surface area (Å²) < 4.78 is 42.8. The number of benzene rings is 1. The molecule has 0 spiro atoms. The lowest BCUT2D eigenvalue weighted by molar-refractivity contribution is 0.244. The SMILES string of the molecule is CCN1CCC(Sc2ccc(Nc3nccc(-c4cc(F)c5nc(C)n(C(C)C)c5c4)n3)nc2)CC1.CS(=O)(=O)O. The highest BCUT2D eigenvalue weighted by Crippen LogP contribution is 2.31. The van der Waals surface area contributed by atoms with Gasteiger partial charge in [0.2, 0.25) is 5.95 Å². The summed E-state index contributed by atoms with van der Waals surface area (Å²) in [5.74, 6) is 1.53. The van der Waals surface area contributed by atoms with Crippen LogP contribution in [0.2, 0.25) is 0 Å². The zero-order valence-electron chi connectivity index (χ0n) is 23.9. The van der Waals surface area contributed by atoms with E-state index >= 15 is 0 Å². The number of likely N-dealkylation sites (tertiary alicyclic amines) is 1. The smallest absolute Gasteiger partial charge is 0.261 e. The lowest BCUT2D eigenvalue weighted by Gasteiger charge is -2.30. The van der Waals surface area contributed by atoms with Gasteiger partial charge in [0, 0.05) is 34.1 Å². The Kier molecular flexibility index (Phi) is 9.95. The summed E-state index contributed by atoms with van der Waals surface area (Å²) in [5.41, 5.74) is 2.46. The summed E-state index contributed by atoms with van der Waals surface area (Å²) in [4.78, 5) is 21.6. The fraction of sp³-hybridized carbons (Fsp3) is 0.429. The molecule has 5 rings (SSSR count). The predicted molar refractivity (Wildman–Crippen MR) is 162 cm³/mol. The number of fused-ring (bicyclic) bond motifs is 1. The van der Waals surface area contributed by atoms with Crippen LogP contribution >= 0.6 is 11.8 Å². The molecule has 1 fully saturated rings. The van der Waals surface area contributed by atoms with Gasteiger partial charge in [-0.15, -0.1) is 11.8 Å². The summed E-state index contributed by atoms with van der Waals surface area (Å²) in [5, 5.41) is 3.82. The van der Waals surface area contributed by atoms with Crippen LogP contribution in [0.1, 0.15) is 45.5 Å². The van der Waals surface area contributed by atoms with Gasteiger partial charge < -0.3 is 14.8 Å². The van der Waals surface area contributed by atoms with Crippen molar-refractivity contribution in [2.75, 3.05) is 31.2 Å². The molecule has 4 heterocycles. The molecular weight excluding hydrogens is 565 g/mol. The van der Waals surface area contributed by atoms with Gasteiger partial charge >= 0.3 is 0 Å². The number of aryl methyl sites for hydroxylation is 1. The molecule has 1 aliphatic rings. The van der Waals surface area contributed by atoms with Gasteiger partial charge in [-0.25, -0.2) is 24.3 Å². The van der Waals surface area contributed by atoms with Crippen molar-refractivity contribution in [3.63, 3.8) is 0 Å². The van der Waals surface area contributed by atoms with Crippen LogP contribution in [0.3, 0.4) is 0 Å². The molecule has 0 atom stereocenters. The number of imidazole rings is 1. The lowest BCUT2D eigenvalue weighted by atomic mass is 10.1. The molecule has 13 heteroatoms. The second kappa shape index (κ2) is 13.2. The monoisotopic (exact) mass is 601 g/mol. The lowest BCUT2D eigenvalue weighted by Crippen LogP contribution is -2.34. The standard InChI is InChI=1S/C27H32FN7S.CH4O3S/c1-5-34-12-9-20(10-13-34)36-21-6-7-25(30-16-21)33-27-29-11-8-23(32-27)19-14-22(28)26-24(15-19)35(17(2)3)18(4)31-26;1-5(2,3)4/h6-8,11,14-17,20H,5,9-10,12-13H2,1-4H3,(H,29,30,32,33);1H3,(H,2,3,4). The fourth-order valence-corrected chi connectivity index (χ4v) is 5.91. The van der Waals surface area contributed by atoms with Gasteiger partial charge in [-0.05, 0) is 83.6 Å². The van der Waals surface area contributed by atoms with Crippen LogP contribution < -0.4 is 5.32 Å². The van der Waals surface area contributed by atoms with E-state index in [-0.39, 0.29) is 11.9 Å². The summed E-state index contributed by atoms with van der Waals surface area (Å²) in [6, 6.07) is 9.43. The Morgan fingerprint density at radius 1 is 1.15 bits per heavy atom. The van der Waals surface area contributed by atoms with Gasteiger partial charge in [0.05, 0.1) is 17.5 Å². The van der Waals surface area contributed by atoms with E-state index in [0.717, 1.165) is 17.9 Å². The normalized spacial score (nSPS) is 14.7. The largest absolute Gasteiger partial charge is 0.326 e. The number of rotatable bonds is 7. The zero-order chi connectivity index (χ0) is 29.7. The first-order chi connectivity index (χ1) is 19.4. The van der Waals surface area contributed by atoms with Crippen LogP contribution in [0.15, 0.2) is 47.6 Å². The van der Waals surface area contributed by atoms with Gasteiger partial charge in [0.1, 0.15) is 17.2 Å². The Bertz CT molecular complexity index is 1580. The second-order valence-electron chi connectivity index (χ2n) is 10.2. The highest BCUT2D eigenvalue weighted by atomic mass is 32.2. The molecule has 4 aromatic rings. The number of hydrogen-bond donors (Lipinski definition) is 2. The zero-order valence-corrected chi connectivity index (χ0v) is 25.5. The summed E-state index contributed by atoms with van der Waals surface area (Å²) in [6.07, 6.45) is 6.71. The quantitative estimate of drug-likeness (QED) is 0.253. The van der Waals surface area contributed by atoms with Crippen molar-refractivity contribution >= 4 is 44.7 Å². The Hall–Kier alpha value is -3.13. The fourth-order valence-electron chi connectivity index (χ4n) is 4.82. The van der Waals surface area contributed by atoms with Gasteiger partial charge in [0.15, 0.2) is 5.82 Å². The number of anilines is 2. The number of nitrogens with zero attached hydrogens (tertiary/aromatic N) is 6. The van der Waals surface area contributed by atoms with E-state index in [1.165, 1.54) is 36.9 Å². The molecule has 41 heavy (non-hydrogen) atoms. The molecule has 0 bridgehead atoms. The number of nitrogens with one attached hydrogen (secondary N) is 1. The second-order valence-corrected chi connectivity index (χ2v) is 13.0. The topological polar surface area (TPSA) is 126 Å². The van der Waals surface area contributed by atoms with Gasteiger partial charge in [0.25, 0.3) is 10.1 Å². The molecule has 1 aliphatic heterocycles. The van der Waals surface area contributed by atoms with Crippen molar-refractivity contribution in [2.24, 2.45) is 0 Å². The van der Waals surface area contributed by atoms with E-state index in [1.807, 2.05) is 41.6 Å². The van der Waals surface area contributed by atoms with E-state index in [2.05, 4.69) is 57.0 Å². The van der Waals surface area contributed by atoms with Crippen molar-refractivity contribution in [2.45, 2.75) is 56.7 Å². The highest BCUT2D eigenvalue weighted by Gasteiger charge is 2.19. The van der Waals surface area contributed by atoms with E-state index < -0.39 is 10.1 Å². The van der Waals surface area contributed by atoms with Crippen LogP contribution in [0.4, 0.5) is 16.2 Å². The third-order valence-electron chi connectivity index (χ3n) is 6.65. The molecule has 0 saturated carbocycles. The first kappa shape index (κ1) is 30.8. The molecule has 1 aromatic carbocycles. The van der Waals surface area contributed by atoms with Crippen LogP contribution in [0.25, 0.3) is 22.3 Å². The molecule has 1 saturated heterocycles. The Morgan fingerprint density at radius 3 is 2.46 bits per heavy atom. The van der Waals surface area contributed by atoms with Gasteiger partial charge in [-0.2, -0.15) is 8.42 Å². The highest BCUT2D eigenvalue weighted by molar-refractivity contribution is 8.00. The number of aromatic nitrogens is 5. The predicted octanol–water partition coefficient (Wildman–Crippen LogP) is 5.74. The van der Waals surface area contributed by atoms with Gasteiger partial charge in [-0.3, -0.25) is 4.55 Å². The molecular formula is C28H36FN7O3S2. The first-order valence-corrected chi connectivity index (χ1v) is 16.2. The minimum Gasteiger partial charge on any atom is -0.326 e. The number of pyridine rings is 1. The molecule has 0 radical (unpaired) electrons. The third-order valence-corrected chi connectivity index (χ3v) is 7.97. The van der Waals surface area contributed by atoms with Crippen LogP contribution in [-0.4, -0.2) is 73.5 Å². The van der Waals surface area contributed by atoms with Crippen LogP contribution in [-0.2, 0) is 10.1 Å². The Balaban J connectivity index is 0.000000714. The van der Waals surface area contributed by atoms with E-state index in [9.17, 15) is 12.8 Å². The maximum absolute atomic E-state index is 14.9. The molecule has 10 nitrogen and oxygen atoms in total. The average molecular weight is 602 g/mol. The molecule has 0 unspecified atom stereocenters. The molecule has 0 amide bonds. The molecule has 3 aromatic heterocycles. The van der Waals surface area contributed by atoms with E-state index in [1.54, 1.807) is 12.3 Å². The summed E-state index contributed by atoms with van der Waals surface area (Å²) in [6.45, 7) is 11.7. The van der Waals surface area contributed by atoms with E-state index in [4.69, 9.17) is 4.55 Å². The minimum absolute atomic E-state index is 0.170. The molecule has 0 aliphatic carbocycles. The minimum atomic E-state index is -3.67. The third kappa shape index (κ3) is 8.44. The van der Waals surface area contributed by atoms with Crippen molar-refractivity contribution in [1.29, 1.82) is 0 Å². The Labute approximate surface area is 244 Å². The summed E-state index contributed by atoms with van der Waals surface area (Å²) in [7, 11) is -3.67. The maximum atomic E-state index is 14.9. The van der Waals surface area contributed by atoms with Crippen molar-refractivity contribution < 1.29 is 17.4 Å².